The predicted octanol–water partition coefficient (Wildman–Crippen LogP) is 2.73. The molecular formula is C17H25N5S. The molecule has 5 nitrogen and oxygen atoms in total. The number of thiophene rings is 1. The first-order chi connectivity index (χ1) is 11.2. The zero-order chi connectivity index (χ0) is 16.0. The van der Waals surface area contributed by atoms with Gasteiger partial charge in [0.25, 0.3) is 0 Å². The van der Waals surface area contributed by atoms with Crippen molar-refractivity contribution in [3.05, 3.63) is 10.4 Å². The van der Waals surface area contributed by atoms with E-state index in [1.807, 2.05) is 11.3 Å². The van der Waals surface area contributed by atoms with Crippen LogP contribution in [0.4, 0.5) is 11.8 Å². The van der Waals surface area contributed by atoms with E-state index in [2.05, 4.69) is 34.0 Å². The third-order valence-electron chi connectivity index (χ3n) is 5.15. The van der Waals surface area contributed by atoms with E-state index in [0.29, 0.717) is 18.0 Å². The lowest BCUT2D eigenvalue weighted by Gasteiger charge is -2.40. The van der Waals surface area contributed by atoms with Gasteiger partial charge in [-0.25, -0.2) is 4.98 Å². The van der Waals surface area contributed by atoms with Crippen molar-refractivity contribution in [1.29, 1.82) is 0 Å². The van der Waals surface area contributed by atoms with Crippen LogP contribution in [-0.2, 0) is 12.8 Å². The number of aromatic nitrogens is 2. The third-order valence-corrected chi connectivity index (χ3v) is 6.43. The molecule has 1 saturated heterocycles. The molecule has 0 radical (unpaired) electrons. The van der Waals surface area contributed by atoms with Crippen LogP contribution in [0.15, 0.2) is 0 Å². The van der Waals surface area contributed by atoms with Crippen molar-refractivity contribution in [2.45, 2.75) is 58.0 Å². The highest BCUT2D eigenvalue weighted by Crippen LogP contribution is 2.40. The van der Waals surface area contributed by atoms with Gasteiger partial charge in [0.05, 0.1) is 10.2 Å². The first kappa shape index (κ1) is 15.1. The van der Waals surface area contributed by atoms with E-state index in [4.69, 9.17) is 5.73 Å². The number of anilines is 2. The maximum Gasteiger partial charge on any atom is 0.222 e. The molecule has 0 unspecified atom stereocenters. The first-order valence-corrected chi connectivity index (χ1v) is 9.56. The van der Waals surface area contributed by atoms with Gasteiger partial charge in [-0.2, -0.15) is 4.98 Å². The fourth-order valence-corrected chi connectivity index (χ4v) is 5.23. The number of hydrogen-bond donors (Lipinski definition) is 2. The van der Waals surface area contributed by atoms with Crippen molar-refractivity contribution < 1.29 is 0 Å². The molecule has 0 spiro atoms. The molecule has 1 fully saturated rings. The Kier molecular flexibility index (Phi) is 3.89. The summed E-state index contributed by atoms with van der Waals surface area (Å²) in [7, 11) is 0. The molecule has 0 amide bonds. The average molecular weight is 331 g/mol. The highest BCUT2D eigenvalue weighted by Gasteiger charge is 2.29. The van der Waals surface area contributed by atoms with E-state index in [1.165, 1.54) is 34.4 Å². The second-order valence-electron chi connectivity index (χ2n) is 6.82. The van der Waals surface area contributed by atoms with E-state index < -0.39 is 0 Å². The summed E-state index contributed by atoms with van der Waals surface area (Å²) in [5.74, 6) is 1.48. The van der Waals surface area contributed by atoms with Crippen molar-refractivity contribution in [1.82, 2.24) is 15.3 Å². The quantitative estimate of drug-likeness (QED) is 0.886. The topological polar surface area (TPSA) is 67.1 Å². The Bertz CT molecular complexity index is 725. The minimum Gasteiger partial charge on any atom is -0.368 e. The molecule has 6 heteroatoms. The molecular weight excluding hydrogens is 306 g/mol. The summed E-state index contributed by atoms with van der Waals surface area (Å²) < 4.78 is 1.25. The standard InChI is InChI=1S/C17H25N5S/c1-3-11-8-19-10(2)9-22(11)16-15-14(20-17(18)21-16)12-6-4-5-7-13(12)23-15/h10-11,19H,3-9H2,1-2H3,(H2,18,20,21)/t10-,11-/m1/s1. The van der Waals surface area contributed by atoms with Crippen LogP contribution >= 0.6 is 11.3 Å². The number of nitrogen functional groups attached to an aromatic ring is 1. The number of rotatable bonds is 2. The van der Waals surface area contributed by atoms with Crippen LogP contribution in [0, 0.1) is 0 Å². The Morgan fingerprint density at radius 2 is 2.13 bits per heavy atom. The number of nitrogens with two attached hydrogens (primary N) is 1. The largest absolute Gasteiger partial charge is 0.368 e. The number of aryl methyl sites for hydroxylation is 2. The van der Waals surface area contributed by atoms with Gasteiger partial charge in [0, 0.05) is 30.1 Å². The second-order valence-corrected chi connectivity index (χ2v) is 7.92. The Balaban J connectivity index is 1.87. The average Bonchev–Trinajstić information content (AvgIpc) is 2.93. The summed E-state index contributed by atoms with van der Waals surface area (Å²) in [5.41, 5.74) is 8.64. The van der Waals surface area contributed by atoms with Crippen molar-refractivity contribution in [3.8, 4) is 0 Å². The van der Waals surface area contributed by atoms with Crippen LogP contribution in [0.2, 0.25) is 0 Å². The lowest BCUT2D eigenvalue weighted by molar-refractivity contribution is 0.401. The lowest BCUT2D eigenvalue weighted by Crippen LogP contribution is -2.55. The molecule has 2 atom stereocenters. The van der Waals surface area contributed by atoms with Gasteiger partial charge < -0.3 is 16.0 Å². The van der Waals surface area contributed by atoms with Gasteiger partial charge in [0.1, 0.15) is 0 Å². The molecule has 2 aromatic heterocycles. The van der Waals surface area contributed by atoms with Gasteiger partial charge in [-0.05, 0) is 44.6 Å². The molecule has 4 rings (SSSR count). The SMILES string of the molecule is CC[C@@H]1CN[C@H](C)CN1c1nc(N)nc2c3c(sc12)CCCC3. The van der Waals surface area contributed by atoms with Crippen molar-refractivity contribution in [2.75, 3.05) is 23.7 Å². The zero-order valence-corrected chi connectivity index (χ0v) is 14.7. The van der Waals surface area contributed by atoms with Gasteiger partial charge in [-0.1, -0.05) is 6.92 Å². The summed E-state index contributed by atoms with van der Waals surface area (Å²) in [6.07, 6.45) is 5.99. The molecule has 0 bridgehead atoms. The maximum absolute atomic E-state index is 6.09. The minimum atomic E-state index is 0.416. The Morgan fingerprint density at radius 1 is 1.30 bits per heavy atom. The molecule has 0 saturated carbocycles. The van der Waals surface area contributed by atoms with E-state index in [-0.39, 0.29) is 0 Å². The molecule has 23 heavy (non-hydrogen) atoms. The van der Waals surface area contributed by atoms with Gasteiger partial charge in [0.2, 0.25) is 5.95 Å². The predicted molar refractivity (Wildman–Crippen MR) is 97.4 cm³/mol. The van der Waals surface area contributed by atoms with Crippen LogP contribution in [0.3, 0.4) is 0 Å². The summed E-state index contributed by atoms with van der Waals surface area (Å²) in [4.78, 5) is 13.3. The summed E-state index contributed by atoms with van der Waals surface area (Å²) >= 11 is 1.90. The normalized spacial score (nSPS) is 24.9. The summed E-state index contributed by atoms with van der Waals surface area (Å²) in [6.45, 7) is 6.47. The third kappa shape index (κ3) is 2.58. The molecule has 1 aliphatic heterocycles. The van der Waals surface area contributed by atoms with Crippen LogP contribution < -0.4 is 16.0 Å². The molecule has 2 aliphatic rings. The summed E-state index contributed by atoms with van der Waals surface area (Å²) in [6, 6.07) is 0.946. The first-order valence-electron chi connectivity index (χ1n) is 8.75. The van der Waals surface area contributed by atoms with Gasteiger partial charge in [-0.3, -0.25) is 0 Å². The number of hydrogen-bond acceptors (Lipinski definition) is 6. The monoisotopic (exact) mass is 331 g/mol. The Hall–Kier alpha value is -1.40. The van der Waals surface area contributed by atoms with Crippen molar-refractivity contribution in [2.24, 2.45) is 0 Å². The fraction of sp³-hybridized carbons (Fsp3) is 0.647. The number of piperazine rings is 1. The van der Waals surface area contributed by atoms with E-state index in [1.54, 1.807) is 0 Å². The number of nitrogens with one attached hydrogen (secondary N) is 1. The minimum absolute atomic E-state index is 0.416. The van der Waals surface area contributed by atoms with Gasteiger partial charge >= 0.3 is 0 Å². The molecule has 3 heterocycles. The Labute approximate surface area is 141 Å². The fourth-order valence-electron chi connectivity index (χ4n) is 3.89. The van der Waals surface area contributed by atoms with E-state index in [9.17, 15) is 0 Å². The highest BCUT2D eigenvalue weighted by molar-refractivity contribution is 7.19. The lowest BCUT2D eigenvalue weighted by atomic mass is 9.98. The molecule has 2 aromatic rings. The molecule has 0 aromatic carbocycles. The smallest absolute Gasteiger partial charge is 0.222 e. The van der Waals surface area contributed by atoms with E-state index in [0.717, 1.165) is 37.3 Å². The number of fused-ring (bicyclic) bond motifs is 3. The Morgan fingerprint density at radius 3 is 2.96 bits per heavy atom. The molecule has 1 aliphatic carbocycles. The van der Waals surface area contributed by atoms with Crippen LogP contribution in [0.5, 0.6) is 0 Å². The van der Waals surface area contributed by atoms with Crippen molar-refractivity contribution >= 4 is 33.3 Å². The zero-order valence-electron chi connectivity index (χ0n) is 13.9. The number of nitrogens with zero attached hydrogens (tertiary/aromatic N) is 3. The van der Waals surface area contributed by atoms with Gasteiger partial charge in [0.15, 0.2) is 5.82 Å². The van der Waals surface area contributed by atoms with Crippen molar-refractivity contribution in [3.63, 3.8) is 0 Å². The summed E-state index contributed by atoms with van der Waals surface area (Å²) in [5, 5.41) is 3.58. The van der Waals surface area contributed by atoms with Crippen LogP contribution in [-0.4, -0.2) is 35.1 Å². The maximum atomic E-state index is 6.09. The van der Waals surface area contributed by atoms with Crippen LogP contribution in [0.1, 0.15) is 43.6 Å². The van der Waals surface area contributed by atoms with E-state index >= 15 is 0 Å². The second kappa shape index (κ2) is 5.91. The van der Waals surface area contributed by atoms with Crippen LogP contribution in [0.25, 0.3) is 10.2 Å². The highest BCUT2D eigenvalue weighted by atomic mass is 32.1. The van der Waals surface area contributed by atoms with Gasteiger partial charge in [-0.15, -0.1) is 11.3 Å². The molecule has 3 N–H and O–H groups in total. The molecule has 124 valence electrons.